The summed E-state index contributed by atoms with van der Waals surface area (Å²) >= 11 is 3.43. The van der Waals surface area contributed by atoms with Crippen LogP contribution in [0, 0.1) is 11.3 Å². The van der Waals surface area contributed by atoms with Crippen LogP contribution in [0.2, 0.25) is 0 Å². The minimum Gasteiger partial charge on any atom is -0.494 e. The Morgan fingerprint density at radius 1 is 1.33 bits per heavy atom. The summed E-state index contributed by atoms with van der Waals surface area (Å²) in [6, 6.07) is 9.27. The third-order valence-corrected chi connectivity index (χ3v) is 2.79. The van der Waals surface area contributed by atoms with E-state index in [1.165, 1.54) is 0 Å². The van der Waals surface area contributed by atoms with Gasteiger partial charge < -0.3 is 4.74 Å². The Bertz CT molecular complexity index is 560. The van der Waals surface area contributed by atoms with Crippen LogP contribution in [0.15, 0.2) is 28.7 Å². The zero-order valence-electron chi connectivity index (χ0n) is 7.99. The van der Waals surface area contributed by atoms with E-state index in [1.54, 1.807) is 13.2 Å². The highest BCUT2D eigenvalue weighted by Gasteiger charge is 2.06. The van der Waals surface area contributed by atoms with E-state index >= 15 is 0 Å². The van der Waals surface area contributed by atoms with E-state index in [4.69, 9.17) is 10.00 Å². The molecule has 0 saturated heterocycles. The van der Waals surface area contributed by atoms with E-state index in [1.807, 2.05) is 24.3 Å². The number of aromatic nitrogens is 1. The lowest BCUT2D eigenvalue weighted by molar-refractivity contribution is 0.419. The second-order valence-electron chi connectivity index (χ2n) is 2.95. The molecule has 0 spiro atoms. The molecule has 3 nitrogen and oxygen atoms in total. The highest BCUT2D eigenvalue weighted by Crippen LogP contribution is 2.30. The summed E-state index contributed by atoms with van der Waals surface area (Å²) in [6.07, 6.45) is 0. The van der Waals surface area contributed by atoms with Gasteiger partial charge in [0.2, 0.25) is 0 Å². The predicted molar refractivity (Wildman–Crippen MR) is 60.7 cm³/mol. The van der Waals surface area contributed by atoms with E-state index in [2.05, 4.69) is 20.9 Å². The van der Waals surface area contributed by atoms with Crippen LogP contribution in [-0.4, -0.2) is 12.1 Å². The van der Waals surface area contributed by atoms with Gasteiger partial charge in [0.15, 0.2) is 0 Å². The number of methoxy groups -OCH3 is 1. The van der Waals surface area contributed by atoms with Gasteiger partial charge in [-0.2, -0.15) is 5.26 Å². The summed E-state index contributed by atoms with van der Waals surface area (Å²) in [7, 11) is 1.59. The first-order chi connectivity index (χ1) is 7.26. The van der Waals surface area contributed by atoms with Crippen LogP contribution in [0.25, 0.3) is 10.9 Å². The predicted octanol–water partition coefficient (Wildman–Crippen LogP) is 2.88. The van der Waals surface area contributed by atoms with Crippen LogP contribution < -0.4 is 4.74 Å². The van der Waals surface area contributed by atoms with Gasteiger partial charge in [0.05, 0.1) is 7.11 Å². The number of rotatable bonds is 1. The number of nitriles is 1. The summed E-state index contributed by atoms with van der Waals surface area (Å²) in [5.41, 5.74) is 1.09. The summed E-state index contributed by atoms with van der Waals surface area (Å²) in [5.74, 6) is 0.672. The van der Waals surface area contributed by atoms with Crippen molar-refractivity contribution in [2.45, 2.75) is 0 Å². The molecule has 0 N–H and O–H groups in total. The molecular weight excluding hydrogens is 256 g/mol. The molecule has 0 aliphatic carbocycles. The normalized spacial score (nSPS) is 9.93. The number of hydrogen-bond donors (Lipinski definition) is 0. The monoisotopic (exact) mass is 262 g/mol. The minimum atomic E-state index is 0.388. The van der Waals surface area contributed by atoms with Crippen molar-refractivity contribution < 1.29 is 4.74 Å². The van der Waals surface area contributed by atoms with Crippen molar-refractivity contribution >= 4 is 26.8 Å². The zero-order chi connectivity index (χ0) is 10.8. The molecule has 15 heavy (non-hydrogen) atoms. The van der Waals surface area contributed by atoms with Crippen molar-refractivity contribution in [3.8, 4) is 11.8 Å². The highest BCUT2D eigenvalue weighted by molar-refractivity contribution is 9.10. The third-order valence-electron chi connectivity index (χ3n) is 2.10. The van der Waals surface area contributed by atoms with E-state index < -0.39 is 0 Å². The van der Waals surface area contributed by atoms with E-state index in [0.717, 1.165) is 9.86 Å². The van der Waals surface area contributed by atoms with E-state index in [0.29, 0.717) is 17.0 Å². The molecule has 0 fully saturated rings. The highest BCUT2D eigenvalue weighted by atomic mass is 79.9. The summed E-state index contributed by atoms with van der Waals surface area (Å²) < 4.78 is 6.13. The molecule has 0 aliphatic rings. The second-order valence-corrected chi connectivity index (χ2v) is 3.81. The van der Waals surface area contributed by atoms with Gasteiger partial charge in [-0.05, 0) is 24.3 Å². The van der Waals surface area contributed by atoms with Crippen LogP contribution in [0.4, 0.5) is 0 Å². The van der Waals surface area contributed by atoms with Crippen molar-refractivity contribution in [3.63, 3.8) is 0 Å². The topological polar surface area (TPSA) is 45.9 Å². The molecule has 0 saturated carbocycles. The molecule has 0 amide bonds. The molecule has 0 bridgehead atoms. The average molecular weight is 263 g/mol. The number of nitrogens with zero attached hydrogens (tertiary/aromatic N) is 2. The van der Waals surface area contributed by atoms with Crippen molar-refractivity contribution in [2.24, 2.45) is 0 Å². The Kier molecular flexibility index (Phi) is 2.57. The molecule has 1 aromatic carbocycles. The maximum absolute atomic E-state index is 8.76. The lowest BCUT2D eigenvalue weighted by Gasteiger charge is -2.05. The molecule has 0 atom stereocenters. The van der Waals surface area contributed by atoms with Crippen molar-refractivity contribution in [1.82, 2.24) is 4.98 Å². The lowest BCUT2D eigenvalue weighted by Crippen LogP contribution is -1.90. The molecular formula is C11H7BrN2O. The molecule has 4 heteroatoms. The van der Waals surface area contributed by atoms with Gasteiger partial charge in [-0.3, -0.25) is 0 Å². The number of ether oxygens (including phenoxy) is 1. The Labute approximate surface area is 95.4 Å². The SMILES string of the molecule is COc1ccc(Br)c2ccc(C#N)nc12. The molecule has 0 unspecified atom stereocenters. The summed E-state index contributed by atoms with van der Waals surface area (Å²) in [6.45, 7) is 0. The number of pyridine rings is 1. The Hall–Kier alpha value is -1.60. The van der Waals surface area contributed by atoms with Crippen LogP contribution in [0.1, 0.15) is 5.69 Å². The molecule has 2 rings (SSSR count). The Morgan fingerprint density at radius 2 is 2.13 bits per heavy atom. The smallest absolute Gasteiger partial charge is 0.145 e. The lowest BCUT2D eigenvalue weighted by atomic mass is 10.2. The number of halogens is 1. The van der Waals surface area contributed by atoms with Gasteiger partial charge in [-0.25, -0.2) is 4.98 Å². The number of hydrogen-bond acceptors (Lipinski definition) is 3. The molecule has 1 aromatic heterocycles. The fraction of sp³-hybridized carbons (Fsp3) is 0.0909. The van der Waals surface area contributed by atoms with Gasteiger partial charge in [0.1, 0.15) is 23.0 Å². The minimum absolute atomic E-state index is 0.388. The maximum Gasteiger partial charge on any atom is 0.145 e. The standard InChI is InChI=1S/C11H7BrN2O/c1-15-10-5-4-9(12)8-3-2-7(6-13)14-11(8)10/h2-5H,1H3. The fourth-order valence-corrected chi connectivity index (χ4v) is 1.84. The van der Waals surface area contributed by atoms with Crippen LogP contribution in [-0.2, 0) is 0 Å². The van der Waals surface area contributed by atoms with E-state index in [-0.39, 0.29) is 0 Å². The first-order valence-electron chi connectivity index (χ1n) is 4.29. The van der Waals surface area contributed by atoms with Gasteiger partial charge in [-0.1, -0.05) is 15.9 Å². The Morgan fingerprint density at radius 3 is 2.80 bits per heavy atom. The molecule has 0 radical (unpaired) electrons. The van der Waals surface area contributed by atoms with Crippen LogP contribution in [0.5, 0.6) is 5.75 Å². The first-order valence-corrected chi connectivity index (χ1v) is 5.09. The molecule has 1 heterocycles. The quantitative estimate of drug-likeness (QED) is 0.794. The second kappa shape index (κ2) is 3.87. The van der Waals surface area contributed by atoms with Crippen LogP contribution in [0.3, 0.4) is 0 Å². The first kappa shape index (κ1) is 9.94. The van der Waals surface area contributed by atoms with Crippen molar-refractivity contribution in [3.05, 3.63) is 34.4 Å². The third kappa shape index (κ3) is 1.66. The van der Waals surface area contributed by atoms with Gasteiger partial charge in [-0.15, -0.1) is 0 Å². The van der Waals surface area contributed by atoms with Gasteiger partial charge >= 0.3 is 0 Å². The maximum atomic E-state index is 8.76. The van der Waals surface area contributed by atoms with E-state index in [9.17, 15) is 0 Å². The van der Waals surface area contributed by atoms with Crippen molar-refractivity contribution in [2.75, 3.05) is 7.11 Å². The molecule has 0 aliphatic heterocycles. The molecule has 2 aromatic rings. The molecule has 74 valence electrons. The van der Waals surface area contributed by atoms with Gasteiger partial charge in [0, 0.05) is 9.86 Å². The zero-order valence-corrected chi connectivity index (χ0v) is 9.58. The summed E-state index contributed by atoms with van der Waals surface area (Å²) in [4.78, 5) is 4.21. The number of benzene rings is 1. The van der Waals surface area contributed by atoms with Gasteiger partial charge in [0.25, 0.3) is 0 Å². The largest absolute Gasteiger partial charge is 0.494 e. The summed E-state index contributed by atoms with van der Waals surface area (Å²) in [5, 5.41) is 9.70. The van der Waals surface area contributed by atoms with Crippen molar-refractivity contribution in [1.29, 1.82) is 5.26 Å². The average Bonchev–Trinajstić information content (AvgIpc) is 2.29. The Balaban J connectivity index is 2.84. The fourth-order valence-electron chi connectivity index (χ4n) is 1.38. The van der Waals surface area contributed by atoms with Crippen LogP contribution >= 0.6 is 15.9 Å². The number of fused-ring (bicyclic) bond motifs is 1.